The third-order valence-corrected chi connectivity index (χ3v) is 7.27. The second-order valence-corrected chi connectivity index (χ2v) is 8.96. The number of carbonyl (C=O) groups is 1. The molecule has 1 aromatic carbocycles. The molecule has 2 heterocycles. The number of carboxylic acids is 1. The molecule has 4 rings (SSSR count). The number of halogens is 2. The predicted octanol–water partition coefficient (Wildman–Crippen LogP) is 6.65. The molecule has 0 aliphatic heterocycles. The number of pyridine rings is 1. The van der Waals surface area contributed by atoms with Crippen molar-refractivity contribution in [2.75, 3.05) is 0 Å². The average molecular weight is 420 g/mol. The van der Waals surface area contributed by atoms with E-state index in [1.54, 1.807) is 24.3 Å². The van der Waals surface area contributed by atoms with Crippen molar-refractivity contribution in [2.45, 2.75) is 45.4 Å². The topological polar surface area (TPSA) is 50.2 Å². The molecule has 1 unspecified atom stereocenters. The van der Waals surface area contributed by atoms with E-state index in [4.69, 9.17) is 28.2 Å². The van der Waals surface area contributed by atoms with E-state index in [1.165, 1.54) is 16.9 Å². The van der Waals surface area contributed by atoms with Gasteiger partial charge in [-0.15, -0.1) is 11.3 Å². The number of hydrogen-bond acceptors (Lipinski definition) is 3. The molecule has 2 aromatic heterocycles. The fraction of sp³-hybridized carbons (Fsp3) is 0.333. The minimum Gasteiger partial charge on any atom is -0.481 e. The van der Waals surface area contributed by atoms with Gasteiger partial charge in [0.1, 0.15) is 4.83 Å². The molecule has 3 nitrogen and oxygen atoms in total. The molecule has 0 spiro atoms. The summed E-state index contributed by atoms with van der Waals surface area (Å²) in [5.41, 5.74) is 4.70. The van der Waals surface area contributed by atoms with E-state index in [9.17, 15) is 9.90 Å². The van der Waals surface area contributed by atoms with Gasteiger partial charge in [0.15, 0.2) is 0 Å². The summed E-state index contributed by atoms with van der Waals surface area (Å²) in [5.74, 6) is -1.52. The summed E-state index contributed by atoms with van der Waals surface area (Å²) in [6, 6.07) is 5.53. The molecule has 0 radical (unpaired) electrons. The number of aromatic nitrogens is 1. The molecule has 3 aromatic rings. The molecule has 0 saturated heterocycles. The van der Waals surface area contributed by atoms with Crippen molar-refractivity contribution in [3.05, 3.63) is 49.9 Å². The van der Waals surface area contributed by atoms with Gasteiger partial charge in [-0.05, 0) is 73.9 Å². The first-order chi connectivity index (χ1) is 12.9. The van der Waals surface area contributed by atoms with E-state index in [1.807, 2.05) is 19.1 Å². The number of carboxylic acid groups (broad SMARTS) is 1. The van der Waals surface area contributed by atoms with Gasteiger partial charge in [-0.3, -0.25) is 4.79 Å². The Morgan fingerprint density at radius 2 is 1.96 bits per heavy atom. The Hall–Kier alpha value is -1.62. The van der Waals surface area contributed by atoms with E-state index in [0.717, 1.165) is 51.9 Å². The first-order valence-electron chi connectivity index (χ1n) is 9.01. The number of benzene rings is 1. The Morgan fingerprint density at radius 1 is 1.22 bits per heavy atom. The molecule has 27 heavy (non-hydrogen) atoms. The summed E-state index contributed by atoms with van der Waals surface area (Å²) in [6.45, 7) is 3.62. The molecule has 6 heteroatoms. The molecule has 1 atom stereocenters. The first-order valence-corrected chi connectivity index (χ1v) is 10.6. The van der Waals surface area contributed by atoms with Crippen LogP contribution in [0, 0.1) is 6.92 Å². The number of aryl methyl sites for hydroxylation is 3. The Balaban J connectivity index is 2.13. The fourth-order valence-corrected chi connectivity index (χ4v) is 5.64. The maximum Gasteiger partial charge on any atom is 0.310 e. The van der Waals surface area contributed by atoms with Gasteiger partial charge >= 0.3 is 5.97 Å². The van der Waals surface area contributed by atoms with Crippen LogP contribution in [0.25, 0.3) is 21.3 Å². The van der Waals surface area contributed by atoms with Gasteiger partial charge in [0.25, 0.3) is 0 Å². The number of hydrogen-bond donors (Lipinski definition) is 1. The third-order valence-electron chi connectivity index (χ3n) is 5.34. The standard InChI is InChI=1S/C21H19Cl2NO2S/c1-10(21(25)26)17-11(2)24-20-19(13-5-3-4-6-16(13)27-20)18(17)12-7-8-14(22)15(23)9-12/h7-10H,3-6H2,1-2H3,(H,25,26). The number of fused-ring (bicyclic) bond motifs is 3. The maximum absolute atomic E-state index is 11.8. The monoisotopic (exact) mass is 419 g/mol. The molecule has 0 saturated carbocycles. The maximum atomic E-state index is 11.8. The van der Waals surface area contributed by atoms with E-state index < -0.39 is 11.9 Å². The summed E-state index contributed by atoms with van der Waals surface area (Å²) in [4.78, 5) is 19.0. The van der Waals surface area contributed by atoms with Gasteiger partial charge in [0, 0.05) is 16.0 Å². The summed E-state index contributed by atoms with van der Waals surface area (Å²) >= 11 is 14.2. The quantitative estimate of drug-likeness (QED) is 0.516. The van der Waals surface area contributed by atoms with Gasteiger partial charge in [0.05, 0.1) is 16.0 Å². The highest BCUT2D eigenvalue weighted by Gasteiger charge is 2.28. The van der Waals surface area contributed by atoms with Crippen LogP contribution in [-0.2, 0) is 17.6 Å². The van der Waals surface area contributed by atoms with Crippen molar-refractivity contribution in [1.82, 2.24) is 4.98 Å². The van der Waals surface area contributed by atoms with E-state index in [0.29, 0.717) is 10.0 Å². The van der Waals surface area contributed by atoms with Crippen LogP contribution in [0.2, 0.25) is 10.0 Å². The normalized spacial score (nSPS) is 15.0. The summed E-state index contributed by atoms with van der Waals surface area (Å²) in [6.07, 6.45) is 4.42. The summed E-state index contributed by atoms with van der Waals surface area (Å²) < 4.78 is 0. The highest BCUT2D eigenvalue weighted by molar-refractivity contribution is 7.19. The minimum atomic E-state index is -0.857. The predicted molar refractivity (Wildman–Crippen MR) is 113 cm³/mol. The van der Waals surface area contributed by atoms with Crippen molar-refractivity contribution < 1.29 is 9.90 Å². The van der Waals surface area contributed by atoms with Crippen molar-refractivity contribution in [3.8, 4) is 11.1 Å². The molecular weight excluding hydrogens is 401 g/mol. The van der Waals surface area contributed by atoms with Gasteiger partial charge in [-0.1, -0.05) is 29.3 Å². The van der Waals surface area contributed by atoms with Gasteiger partial charge in [-0.2, -0.15) is 0 Å². The lowest BCUT2D eigenvalue weighted by Crippen LogP contribution is -2.12. The zero-order valence-corrected chi connectivity index (χ0v) is 17.4. The number of thiophene rings is 1. The van der Waals surface area contributed by atoms with Crippen molar-refractivity contribution in [1.29, 1.82) is 0 Å². The third kappa shape index (κ3) is 3.14. The SMILES string of the molecule is Cc1nc2sc3c(c2c(-c2ccc(Cl)c(Cl)c2)c1C(C)C(=O)O)CCCC3. The fourth-order valence-electron chi connectivity index (χ4n) is 4.02. The van der Waals surface area contributed by atoms with Crippen molar-refractivity contribution in [2.24, 2.45) is 0 Å². The molecule has 1 N–H and O–H groups in total. The van der Waals surface area contributed by atoms with Crippen molar-refractivity contribution >= 4 is 50.7 Å². The van der Waals surface area contributed by atoms with Gasteiger partial charge in [-0.25, -0.2) is 4.98 Å². The number of nitrogens with zero attached hydrogens (tertiary/aromatic N) is 1. The minimum absolute atomic E-state index is 0.467. The lowest BCUT2D eigenvalue weighted by atomic mass is 9.86. The lowest BCUT2D eigenvalue weighted by molar-refractivity contribution is -0.138. The van der Waals surface area contributed by atoms with Gasteiger partial charge < -0.3 is 5.11 Å². The van der Waals surface area contributed by atoms with Crippen LogP contribution in [0.3, 0.4) is 0 Å². The van der Waals surface area contributed by atoms with Crippen LogP contribution in [0.15, 0.2) is 18.2 Å². The average Bonchev–Trinajstić information content (AvgIpc) is 3.00. The van der Waals surface area contributed by atoms with Crippen LogP contribution in [0.5, 0.6) is 0 Å². The summed E-state index contributed by atoms with van der Waals surface area (Å²) in [5, 5.41) is 11.8. The zero-order valence-electron chi connectivity index (χ0n) is 15.1. The second kappa shape index (κ2) is 7.08. The van der Waals surface area contributed by atoms with Crippen LogP contribution in [-0.4, -0.2) is 16.1 Å². The molecule has 1 aliphatic carbocycles. The van der Waals surface area contributed by atoms with Crippen LogP contribution in [0.4, 0.5) is 0 Å². The first kappa shape index (κ1) is 18.7. The Kier molecular flexibility index (Phi) is 4.91. The van der Waals surface area contributed by atoms with E-state index in [2.05, 4.69) is 0 Å². The number of rotatable bonds is 3. The van der Waals surface area contributed by atoms with Crippen LogP contribution >= 0.6 is 34.5 Å². The van der Waals surface area contributed by atoms with E-state index >= 15 is 0 Å². The second-order valence-electron chi connectivity index (χ2n) is 7.07. The molecule has 1 aliphatic rings. The van der Waals surface area contributed by atoms with Crippen LogP contribution < -0.4 is 0 Å². The summed E-state index contributed by atoms with van der Waals surface area (Å²) in [7, 11) is 0. The van der Waals surface area contributed by atoms with E-state index in [-0.39, 0.29) is 0 Å². The molecular formula is C21H19Cl2NO2S. The zero-order chi connectivity index (χ0) is 19.3. The Morgan fingerprint density at radius 3 is 2.67 bits per heavy atom. The molecule has 0 fully saturated rings. The van der Waals surface area contributed by atoms with Crippen LogP contribution in [0.1, 0.15) is 47.4 Å². The highest BCUT2D eigenvalue weighted by atomic mass is 35.5. The largest absolute Gasteiger partial charge is 0.481 e. The molecule has 0 bridgehead atoms. The number of aliphatic carboxylic acids is 1. The highest BCUT2D eigenvalue weighted by Crippen LogP contribution is 2.45. The Bertz CT molecular complexity index is 1070. The van der Waals surface area contributed by atoms with Crippen molar-refractivity contribution in [3.63, 3.8) is 0 Å². The van der Waals surface area contributed by atoms with Gasteiger partial charge in [0.2, 0.25) is 0 Å². The molecule has 140 valence electrons. The smallest absolute Gasteiger partial charge is 0.310 e. The lowest BCUT2D eigenvalue weighted by Gasteiger charge is -2.19. The Labute approximate surface area is 172 Å². The molecule has 0 amide bonds.